The van der Waals surface area contributed by atoms with Crippen molar-refractivity contribution in [1.82, 2.24) is 14.9 Å². The minimum absolute atomic E-state index is 0.274. The van der Waals surface area contributed by atoms with Gasteiger partial charge in [0.25, 0.3) is 5.56 Å². The van der Waals surface area contributed by atoms with Crippen LogP contribution in [0.15, 0.2) is 33.9 Å². The van der Waals surface area contributed by atoms with Crippen LogP contribution in [0.1, 0.15) is 26.8 Å². The Morgan fingerprint density at radius 3 is 2.38 bits per heavy atom. The number of amides is 1. The zero-order valence-electron chi connectivity index (χ0n) is 13.6. The molecule has 0 aliphatic rings. The lowest BCUT2D eigenvalue weighted by atomic mass is 10.0. The van der Waals surface area contributed by atoms with E-state index in [0.717, 1.165) is 4.57 Å². The molecule has 1 aromatic carbocycles. The van der Waals surface area contributed by atoms with Gasteiger partial charge >= 0.3 is 11.7 Å². The number of para-hydroxylation sites is 1. The summed E-state index contributed by atoms with van der Waals surface area (Å²) >= 11 is 0. The van der Waals surface area contributed by atoms with Crippen molar-refractivity contribution in [2.45, 2.75) is 32.9 Å². The molecule has 0 saturated carbocycles. The molecule has 0 fully saturated rings. The number of carbonyl (C=O) groups excluding carboxylic acids is 1. The Kier molecular flexibility index (Phi) is 4.87. The number of hydrogen-bond acceptors (Lipinski definition) is 4. The second kappa shape index (κ2) is 6.69. The first-order chi connectivity index (χ1) is 11.2. The SMILES string of the molecule is CC(C)[C@@H](NC(=O)[C@H](C)n1c(=O)[nH]c2ccccc2c1=O)C(=O)O. The molecule has 8 heteroatoms. The third kappa shape index (κ3) is 3.22. The van der Waals surface area contributed by atoms with Gasteiger partial charge in [0.1, 0.15) is 12.1 Å². The van der Waals surface area contributed by atoms with E-state index in [1.54, 1.807) is 38.1 Å². The van der Waals surface area contributed by atoms with Gasteiger partial charge in [0.15, 0.2) is 0 Å². The first kappa shape index (κ1) is 17.5. The largest absolute Gasteiger partial charge is 0.480 e. The topological polar surface area (TPSA) is 121 Å². The number of nitrogens with zero attached hydrogens (tertiary/aromatic N) is 1. The second-order valence-electron chi connectivity index (χ2n) is 5.90. The third-order valence-corrected chi connectivity index (χ3v) is 3.83. The molecule has 0 spiro atoms. The molecule has 1 heterocycles. The molecule has 0 aliphatic heterocycles. The van der Waals surface area contributed by atoms with E-state index < -0.39 is 35.2 Å². The lowest BCUT2D eigenvalue weighted by Gasteiger charge is -2.21. The van der Waals surface area contributed by atoms with E-state index >= 15 is 0 Å². The van der Waals surface area contributed by atoms with Gasteiger partial charge in [0.05, 0.1) is 10.9 Å². The van der Waals surface area contributed by atoms with Gasteiger partial charge in [-0.1, -0.05) is 26.0 Å². The molecule has 0 unspecified atom stereocenters. The third-order valence-electron chi connectivity index (χ3n) is 3.83. The number of benzene rings is 1. The van der Waals surface area contributed by atoms with Crippen molar-refractivity contribution in [2.24, 2.45) is 5.92 Å². The Morgan fingerprint density at radius 2 is 1.79 bits per heavy atom. The summed E-state index contributed by atoms with van der Waals surface area (Å²) in [5.74, 6) is -2.23. The lowest BCUT2D eigenvalue weighted by Crippen LogP contribution is -2.49. The van der Waals surface area contributed by atoms with E-state index in [1.165, 1.54) is 6.92 Å². The highest BCUT2D eigenvalue weighted by atomic mass is 16.4. The van der Waals surface area contributed by atoms with Crippen molar-refractivity contribution in [3.05, 3.63) is 45.1 Å². The average Bonchev–Trinajstić information content (AvgIpc) is 2.51. The lowest BCUT2D eigenvalue weighted by molar-refractivity contribution is -0.143. The maximum Gasteiger partial charge on any atom is 0.329 e. The molecular weight excluding hydrogens is 314 g/mol. The zero-order valence-corrected chi connectivity index (χ0v) is 13.6. The summed E-state index contributed by atoms with van der Waals surface area (Å²) in [7, 11) is 0. The molecule has 1 aromatic heterocycles. The summed E-state index contributed by atoms with van der Waals surface area (Å²) in [6.45, 7) is 4.68. The highest BCUT2D eigenvalue weighted by Crippen LogP contribution is 2.08. The second-order valence-corrected chi connectivity index (χ2v) is 5.90. The predicted octanol–water partition coefficient (Wildman–Crippen LogP) is 0.476. The Hall–Kier alpha value is -2.90. The molecular formula is C16H19N3O5. The number of carboxylic acids is 1. The van der Waals surface area contributed by atoms with Gasteiger partial charge in [-0.25, -0.2) is 14.2 Å². The van der Waals surface area contributed by atoms with Gasteiger partial charge < -0.3 is 15.4 Å². The fraction of sp³-hybridized carbons (Fsp3) is 0.375. The van der Waals surface area contributed by atoms with Crippen molar-refractivity contribution >= 4 is 22.8 Å². The molecule has 1 amide bonds. The number of H-pyrrole nitrogens is 1. The zero-order chi connectivity index (χ0) is 18.0. The van der Waals surface area contributed by atoms with Crippen LogP contribution in [-0.4, -0.2) is 32.6 Å². The van der Waals surface area contributed by atoms with Crippen molar-refractivity contribution in [3.8, 4) is 0 Å². The smallest absolute Gasteiger partial charge is 0.329 e. The van der Waals surface area contributed by atoms with Gasteiger partial charge in [0, 0.05) is 0 Å². The molecule has 2 rings (SSSR count). The minimum atomic E-state index is -1.18. The highest BCUT2D eigenvalue weighted by molar-refractivity contribution is 5.86. The monoisotopic (exact) mass is 333 g/mol. The van der Waals surface area contributed by atoms with Crippen LogP contribution < -0.4 is 16.6 Å². The number of aromatic nitrogens is 2. The summed E-state index contributed by atoms with van der Waals surface area (Å²) < 4.78 is 0.789. The predicted molar refractivity (Wildman–Crippen MR) is 87.9 cm³/mol. The van der Waals surface area contributed by atoms with Crippen molar-refractivity contribution in [1.29, 1.82) is 0 Å². The molecule has 2 atom stereocenters. The van der Waals surface area contributed by atoms with Crippen molar-refractivity contribution in [2.75, 3.05) is 0 Å². The van der Waals surface area contributed by atoms with Crippen LogP contribution >= 0.6 is 0 Å². The van der Waals surface area contributed by atoms with Gasteiger partial charge in [-0.15, -0.1) is 0 Å². The molecule has 0 aliphatic carbocycles. The quantitative estimate of drug-likeness (QED) is 0.734. The molecule has 8 nitrogen and oxygen atoms in total. The number of carboxylic acid groups (broad SMARTS) is 1. The summed E-state index contributed by atoms with van der Waals surface area (Å²) in [6.07, 6.45) is 0. The van der Waals surface area contributed by atoms with Crippen LogP contribution in [-0.2, 0) is 9.59 Å². The van der Waals surface area contributed by atoms with Crippen LogP contribution in [0.4, 0.5) is 0 Å². The van der Waals surface area contributed by atoms with Gasteiger partial charge in [0.2, 0.25) is 5.91 Å². The number of hydrogen-bond donors (Lipinski definition) is 3. The van der Waals surface area contributed by atoms with E-state index in [4.69, 9.17) is 5.11 Å². The maximum absolute atomic E-state index is 12.5. The van der Waals surface area contributed by atoms with Gasteiger partial charge in [-0.3, -0.25) is 9.59 Å². The van der Waals surface area contributed by atoms with Gasteiger partial charge in [-0.05, 0) is 25.0 Å². The fourth-order valence-corrected chi connectivity index (χ4v) is 2.43. The number of aliphatic carboxylic acids is 1. The van der Waals surface area contributed by atoms with E-state index in [0.29, 0.717) is 5.52 Å². The summed E-state index contributed by atoms with van der Waals surface area (Å²) in [5.41, 5.74) is -0.951. The number of aromatic amines is 1. The normalized spacial score (nSPS) is 13.7. The van der Waals surface area contributed by atoms with Crippen LogP contribution in [0.5, 0.6) is 0 Å². The first-order valence-electron chi connectivity index (χ1n) is 7.50. The van der Waals surface area contributed by atoms with Crippen molar-refractivity contribution in [3.63, 3.8) is 0 Å². The van der Waals surface area contributed by atoms with E-state index in [9.17, 15) is 19.2 Å². The first-order valence-corrected chi connectivity index (χ1v) is 7.50. The summed E-state index contributed by atoms with van der Waals surface area (Å²) in [5, 5.41) is 11.8. The Morgan fingerprint density at radius 1 is 1.17 bits per heavy atom. The number of rotatable bonds is 5. The maximum atomic E-state index is 12.5. The molecule has 2 aromatic rings. The Bertz CT molecular complexity index is 896. The number of fused-ring (bicyclic) bond motifs is 1. The van der Waals surface area contributed by atoms with Crippen LogP contribution in [0.3, 0.4) is 0 Å². The molecule has 0 bridgehead atoms. The molecule has 128 valence electrons. The van der Waals surface area contributed by atoms with E-state index in [-0.39, 0.29) is 11.3 Å². The number of carbonyl (C=O) groups is 2. The fourth-order valence-electron chi connectivity index (χ4n) is 2.43. The van der Waals surface area contributed by atoms with Crippen molar-refractivity contribution < 1.29 is 14.7 Å². The Balaban J connectivity index is 2.43. The molecule has 0 saturated heterocycles. The molecule has 3 N–H and O–H groups in total. The average molecular weight is 333 g/mol. The van der Waals surface area contributed by atoms with Crippen LogP contribution in [0.25, 0.3) is 10.9 Å². The van der Waals surface area contributed by atoms with E-state index in [2.05, 4.69) is 10.3 Å². The minimum Gasteiger partial charge on any atom is -0.480 e. The summed E-state index contributed by atoms with van der Waals surface area (Å²) in [6, 6.07) is 4.21. The molecule has 24 heavy (non-hydrogen) atoms. The van der Waals surface area contributed by atoms with Crippen LogP contribution in [0, 0.1) is 5.92 Å². The highest BCUT2D eigenvalue weighted by Gasteiger charge is 2.27. The van der Waals surface area contributed by atoms with Gasteiger partial charge in [-0.2, -0.15) is 0 Å². The standard InChI is InChI=1S/C16H19N3O5/c1-8(2)12(15(22)23)18-13(20)9(3)19-14(21)10-6-4-5-7-11(10)17-16(19)24/h4-9,12H,1-3H3,(H,17,24)(H,18,20)(H,22,23)/t9-,12+/m0/s1. The number of nitrogens with one attached hydrogen (secondary N) is 2. The van der Waals surface area contributed by atoms with Crippen LogP contribution in [0.2, 0.25) is 0 Å². The van der Waals surface area contributed by atoms with E-state index in [1.807, 2.05) is 0 Å². The molecule has 0 radical (unpaired) electrons. The summed E-state index contributed by atoms with van der Waals surface area (Å²) in [4.78, 5) is 50.7. The Labute approximate surface area is 137 Å².